The van der Waals surface area contributed by atoms with Gasteiger partial charge in [0, 0.05) is 5.56 Å². The quantitative estimate of drug-likeness (QED) is 0.620. The summed E-state index contributed by atoms with van der Waals surface area (Å²) in [7, 11) is -3.68. The zero-order valence-electron chi connectivity index (χ0n) is 17.3. The van der Waals surface area contributed by atoms with E-state index in [1.807, 2.05) is 44.2 Å². The van der Waals surface area contributed by atoms with E-state index in [0.29, 0.717) is 11.5 Å². The first-order valence-corrected chi connectivity index (χ1v) is 11.2. The van der Waals surface area contributed by atoms with Crippen molar-refractivity contribution in [2.45, 2.75) is 33.4 Å². The van der Waals surface area contributed by atoms with Gasteiger partial charge in [0.05, 0.1) is 18.5 Å². The van der Waals surface area contributed by atoms with E-state index in [4.69, 9.17) is 4.52 Å². The molecule has 3 aromatic rings. The summed E-state index contributed by atoms with van der Waals surface area (Å²) in [5.74, 6) is 0.175. The number of carbonyl (C=O) groups is 1. The number of amides is 1. The Hall–Kier alpha value is -3.20. The van der Waals surface area contributed by atoms with Crippen LogP contribution in [0.4, 0.5) is 5.69 Å². The van der Waals surface area contributed by atoms with E-state index in [9.17, 15) is 13.2 Å². The van der Waals surface area contributed by atoms with E-state index in [1.54, 1.807) is 18.2 Å². The number of sulfonamides is 1. The lowest BCUT2D eigenvalue weighted by atomic mass is 10.1. The first-order valence-electron chi connectivity index (χ1n) is 9.38. The van der Waals surface area contributed by atoms with Crippen molar-refractivity contribution in [1.29, 1.82) is 0 Å². The zero-order chi connectivity index (χ0) is 21.9. The summed E-state index contributed by atoms with van der Waals surface area (Å²) in [6, 6.07) is 13.7. The van der Waals surface area contributed by atoms with Crippen molar-refractivity contribution in [3.05, 3.63) is 65.5 Å². The van der Waals surface area contributed by atoms with Gasteiger partial charge in [0.25, 0.3) is 0 Å². The predicted molar refractivity (Wildman–Crippen MR) is 114 cm³/mol. The number of anilines is 1. The lowest BCUT2D eigenvalue weighted by Gasteiger charge is -2.28. The van der Waals surface area contributed by atoms with Gasteiger partial charge in [-0.3, -0.25) is 9.10 Å². The molecule has 0 bridgehead atoms. The minimum absolute atomic E-state index is 0.00649. The maximum absolute atomic E-state index is 12.7. The highest BCUT2D eigenvalue weighted by Crippen LogP contribution is 2.22. The Bertz CT molecular complexity index is 1140. The van der Waals surface area contributed by atoms with Gasteiger partial charge >= 0.3 is 0 Å². The summed E-state index contributed by atoms with van der Waals surface area (Å²) in [6.45, 7) is 5.37. The second-order valence-electron chi connectivity index (χ2n) is 7.17. The third kappa shape index (κ3) is 5.04. The van der Waals surface area contributed by atoms with Crippen LogP contribution in [0.1, 0.15) is 23.9 Å². The van der Waals surface area contributed by atoms with Gasteiger partial charge in [0.1, 0.15) is 6.04 Å². The van der Waals surface area contributed by atoms with E-state index in [1.165, 1.54) is 6.92 Å². The van der Waals surface area contributed by atoms with Gasteiger partial charge in [0.15, 0.2) is 0 Å². The molecule has 1 atom stereocenters. The third-order valence-corrected chi connectivity index (χ3v) is 5.78. The van der Waals surface area contributed by atoms with Crippen LogP contribution < -0.4 is 9.62 Å². The Morgan fingerprint density at radius 1 is 1.13 bits per heavy atom. The van der Waals surface area contributed by atoms with Gasteiger partial charge in [0.2, 0.25) is 27.6 Å². The molecule has 0 spiro atoms. The standard InChI is InChI=1S/C21H24N4O4S/c1-14-8-10-17(11-9-14)20-23-19(29-24-20)13-22-21(26)16(3)25(30(4,27)28)18-7-5-6-15(2)12-18/h5-12,16H,13H2,1-4H3,(H,22,26). The van der Waals surface area contributed by atoms with E-state index < -0.39 is 22.0 Å². The normalized spacial score (nSPS) is 12.4. The number of nitrogens with one attached hydrogen (secondary N) is 1. The number of rotatable bonds is 7. The number of carbonyl (C=O) groups excluding carboxylic acids is 1. The molecule has 1 N–H and O–H groups in total. The van der Waals surface area contributed by atoms with Gasteiger partial charge in [-0.15, -0.1) is 0 Å². The molecule has 1 amide bonds. The van der Waals surface area contributed by atoms with Crippen molar-refractivity contribution >= 4 is 21.6 Å². The molecular weight excluding hydrogens is 404 g/mol. The largest absolute Gasteiger partial charge is 0.345 e. The number of benzene rings is 2. The van der Waals surface area contributed by atoms with E-state index >= 15 is 0 Å². The number of hydrogen-bond acceptors (Lipinski definition) is 6. The van der Waals surface area contributed by atoms with Crippen molar-refractivity contribution in [3.8, 4) is 11.4 Å². The van der Waals surface area contributed by atoms with Crippen LogP contribution in [0.15, 0.2) is 53.1 Å². The topological polar surface area (TPSA) is 105 Å². The highest BCUT2D eigenvalue weighted by atomic mass is 32.2. The number of aryl methyl sites for hydroxylation is 2. The van der Waals surface area contributed by atoms with Gasteiger partial charge in [-0.25, -0.2) is 8.42 Å². The smallest absolute Gasteiger partial charge is 0.246 e. The molecule has 0 saturated carbocycles. The Kier molecular flexibility index (Phi) is 6.21. The van der Waals surface area contributed by atoms with E-state index in [2.05, 4.69) is 15.5 Å². The monoisotopic (exact) mass is 428 g/mol. The maximum atomic E-state index is 12.7. The van der Waals surface area contributed by atoms with Crippen LogP contribution in [-0.4, -0.2) is 36.8 Å². The first kappa shape index (κ1) is 21.5. The van der Waals surface area contributed by atoms with Crippen molar-refractivity contribution in [2.24, 2.45) is 0 Å². The minimum atomic E-state index is -3.68. The second-order valence-corrected chi connectivity index (χ2v) is 9.03. The van der Waals surface area contributed by atoms with Gasteiger partial charge < -0.3 is 9.84 Å². The fourth-order valence-corrected chi connectivity index (χ4v) is 4.20. The van der Waals surface area contributed by atoms with Crippen LogP contribution in [-0.2, 0) is 21.4 Å². The third-order valence-electron chi connectivity index (χ3n) is 4.54. The maximum Gasteiger partial charge on any atom is 0.246 e. The van der Waals surface area contributed by atoms with Gasteiger partial charge in [-0.2, -0.15) is 4.98 Å². The fraction of sp³-hybridized carbons (Fsp3) is 0.286. The average molecular weight is 429 g/mol. The molecule has 30 heavy (non-hydrogen) atoms. The summed E-state index contributed by atoms with van der Waals surface area (Å²) < 4.78 is 31.0. The van der Waals surface area contributed by atoms with Crippen LogP contribution in [0.2, 0.25) is 0 Å². The molecule has 158 valence electrons. The molecule has 0 aliphatic rings. The molecule has 2 aromatic carbocycles. The van der Waals surface area contributed by atoms with E-state index in [0.717, 1.165) is 27.3 Å². The predicted octanol–water partition coefficient (Wildman–Crippen LogP) is 2.82. The summed E-state index contributed by atoms with van der Waals surface area (Å²) in [4.78, 5) is 17.0. The van der Waals surface area contributed by atoms with Crippen molar-refractivity contribution < 1.29 is 17.7 Å². The molecule has 0 aliphatic heterocycles. The summed E-state index contributed by atoms with van der Waals surface area (Å²) >= 11 is 0. The number of nitrogens with zero attached hydrogens (tertiary/aromatic N) is 3. The Labute approximate surface area is 176 Å². The molecule has 0 radical (unpaired) electrons. The molecule has 1 heterocycles. The summed E-state index contributed by atoms with van der Waals surface area (Å²) in [6.07, 6.45) is 1.07. The first-order chi connectivity index (χ1) is 14.1. The number of aromatic nitrogens is 2. The summed E-state index contributed by atoms with van der Waals surface area (Å²) in [5, 5.41) is 6.60. The van der Waals surface area contributed by atoms with Crippen molar-refractivity contribution in [3.63, 3.8) is 0 Å². The Balaban J connectivity index is 1.71. The minimum Gasteiger partial charge on any atom is -0.345 e. The Morgan fingerprint density at radius 3 is 2.47 bits per heavy atom. The summed E-state index contributed by atoms with van der Waals surface area (Å²) in [5.41, 5.74) is 3.24. The molecular formula is C21H24N4O4S. The lowest BCUT2D eigenvalue weighted by molar-refractivity contribution is -0.122. The molecule has 0 aliphatic carbocycles. The highest BCUT2D eigenvalue weighted by Gasteiger charge is 2.29. The fourth-order valence-electron chi connectivity index (χ4n) is 3.03. The molecule has 0 saturated heterocycles. The molecule has 1 unspecified atom stereocenters. The zero-order valence-corrected chi connectivity index (χ0v) is 18.1. The van der Waals surface area contributed by atoms with Gasteiger partial charge in [-0.1, -0.05) is 47.1 Å². The molecule has 8 nitrogen and oxygen atoms in total. The van der Waals surface area contributed by atoms with E-state index in [-0.39, 0.29) is 12.4 Å². The lowest BCUT2D eigenvalue weighted by Crippen LogP contribution is -2.47. The van der Waals surface area contributed by atoms with Crippen LogP contribution in [0, 0.1) is 13.8 Å². The molecule has 3 rings (SSSR count). The second kappa shape index (κ2) is 8.66. The highest BCUT2D eigenvalue weighted by molar-refractivity contribution is 7.92. The van der Waals surface area contributed by atoms with Crippen molar-refractivity contribution in [1.82, 2.24) is 15.5 Å². The van der Waals surface area contributed by atoms with Crippen LogP contribution in [0.25, 0.3) is 11.4 Å². The number of hydrogen-bond donors (Lipinski definition) is 1. The molecule has 9 heteroatoms. The van der Waals surface area contributed by atoms with Crippen LogP contribution >= 0.6 is 0 Å². The van der Waals surface area contributed by atoms with Gasteiger partial charge in [-0.05, 0) is 38.5 Å². The SMILES string of the molecule is Cc1ccc(-c2noc(CNC(=O)C(C)N(c3cccc(C)c3)S(C)(=O)=O)n2)cc1. The van der Waals surface area contributed by atoms with Crippen LogP contribution in [0.3, 0.4) is 0 Å². The molecule has 0 fully saturated rings. The Morgan fingerprint density at radius 2 is 1.83 bits per heavy atom. The van der Waals surface area contributed by atoms with Crippen LogP contribution in [0.5, 0.6) is 0 Å². The average Bonchev–Trinajstić information content (AvgIpc) is 3.14. The van der Waals surface area contributed by atoms with Crippen molar-refractivity contribution in [2.75, 3.05) is 10.6 Å². The molecule has 1 aromatic heterocycles.